The number of aryl methyl sites for hydroxylation is 2. The van der Waals surface area contributed by atoms with Gasteiger partial charge in [0.25, 0.3) is 5.91 Å². The molecule has 5 heterocycles. The maximum atomic E-state index is 13.8. The first-order valence-electron chi connectivity index (χ1n) is 12.6. The van der Waals surface area contributed by atoms with E-state index >= 15 is 0 Å². The topological polar surface area (TPSA) is 70.6 Å². The van der Waals surface area contributed by atoms with E-state index in [1.165, 1.54) is 25.9 Å². The van der Waals surface area contributed by atoms with Crippen LogP contribution in [0.15, 0.2) is 22.7 Å². The van der Waals surface area contributed by atoms with E-state index in [1.54, 1.807) is 6.20 Å². The fraction of sp³-hybridized carbons (Fsp3) is 0.577. The van der Waals surface area contributed by atoms with E-state index in [0.717, 1.165) is 73.1 Å². The van der Waals surface area contributed by atoms with Crippen molar-refractivity contribution < 1.29 is 9.21 Å². The summed E-state index contributed by atoms with van der Waals surface area (Å²) >= 11 is 0. The lowest BCUT2D eigenvalue weighted by atomic mass is 10.1. The molecule has 3 aromatic rings. The van der Waals surface area contributed by atoms with Gasteiger partial charge in [-0.3, -0.25) is 9.69 Å². The third-order valence-electron chi connectivity index (χ3n) is 7.19. The number of hydrogen-bond acceptors (Lipinski definition) is 6. The quantitative estimate of drug-likeness (QED) is 0.554. The zero-order valence-electron chi connectivity index (χ0n) is 20.9. The third-order valence-corrected chi connectivity index (χ3v) is 7.19. The first kappa shape index (κ1) is 23.1. The van der Waals surface area contributed by atoms with Crippen LogP contribution in [0.3, 0.4) is 0 Å². The molecule has 8 nitrogen and oxygen atoms in total. The predicted octanol–water partition coefficient (Wildman–Crippen LogP) is 3.74. The van der Waals surface area contributed by atoms with Gasteiger partial charge in [0, 0.05) is 50.9 Å². The number of nitrogens with zero attached hydrogens (tertiary/aromatic N) is 6. The van der Waals surface area contributed by atoms with Crippen LogP contribution >= 0.6 is 0 Å². The Balaban J connectivity index is 1.39. The van der Waals surface area contributed by atoms with E-state index in [2.05, 4.69) is 28.7 Å². The third kappa shape index (κ3) is 4.49. The summed E-state index contributed by atoms with van der Waals surface area (Å²) in [6.07, 6.45) is 4.45. The molecular formula is C26H36N6O2. The molecule has 1 amide bonds. The van der Waals surface area contributed by atoms with Crippen LogP contribution in [0.2, 0.25) is 0 Å². The summed E-state index contributed by atoms with van der Waals surface area (Å²) in [4.78, 5) is 25.7. The number of amides is 1. The molecule has 0 bridgehead atoms. The maximum absolute atomic E-state index is 13.8. The van der Waals surface area contributed by atoms with Gasteiger partial charge >= 0.3 is 0 Å². The minimum absolute atomic E-state index is 0.0639. The van der Waals surface area contributed by atoms with Crippen LogP contribution in [0.1, 0.15) is 54.6 Å². The van der Waals surface area contributed by atoms with Crippen LogP contribution < -0.4 is 0 Å². The molecule has 2 fully saturated rings. The smallest absolute Gasteiger partial charge is 0.254 e. The molecule has 2 saturated heterocycles. The number of piperazine rings is 1. The number of pyridine rings is 1. The summed E-state index contributed by atoms with van der Waals surface area (Å²) in [7, 11) is 0. The molecule has 0 aromatic carbocycles. The number of rotatable bonds is 6. The van der Waals surface area contributed by atoms with Gasteiger partial charge in [0.2, 0.25) is 0 Å². The standard InChI is InChI=1S/C26H36N6O2/c1-18(2)32-25-23(17-27-32)22(16-24(28-25)21-15-19(3)34-20(21)4)26(33)31-13-11-30(12-14-31)10-9-29-7-5-6-8-29/h15-18H,5-14H2,1-4H3. The summed E-state index contributed by atoms with van der Waals surface area (Å²) in [5.74, 6) is 1.71. The number of carbonyl (C=O) groups is 1. The van der Waals surface area contributed by atoms with Gasteiger partial charge in [-0.05, 0) is 65.8 Å². The van der Waals surface area contributed by atoms with Crippen LogP contribution in [-0.4, -0.2) is 87.7 Å². The van der Waals surface area contributed by atoms with Gasteiger partial charge in [0.1, 0.15) is 11.5 Å². The SMILES string of the molecule is Cc1cc(-c2cc(C(=O)N3CCN(CCN4CCCC4)CC3)c3cnn(C(C)C)c3n2)c(C)o1. The second-order valence-corrected chi connectivity index (χ2v) is 9.98. The highest BCUT2D eigenvalue weighted by atomic mass is 16.3. The van der Waals surface area contributed by atoms with Crippen LogP contribution in [0.5, 0.6) is 0 Å². The predicted molar refractivity (Wildman–Crippen MR) is 133 cm³/mol. The molecule has 182 valence electrons. The van der Waals surface area contributed by atoms with Crippen molar-refractivity contribution in [2.75, 3.05) is 52.4 Å². The molecule has 8 heteroatoms. The van der Waals surface area contributed by atoms with E-state index in [9.17, 15) is 4.79 Å². The summed E-state index contributed by atoms with van der Waals surface area (Å²) in [5, 5.41) is 5.38. The lowest BCUT2D eigenvalue weighted by Crippen LogP contribution is -2.50. The second kappa shape index (κ2) is 9.50. The molecule has 2 aliphatic heterocycles. The number of hydrogen-bond donors (Lipinski definition) is 0. The summed E-state index contributed by atoms with van der Waals surface area (Å²) in [6.45, 7) is 16.1. The Morgan fingerprint density at radius 2 is 1.68 bits per heavy atom. The summed E-state index contributed by atoms with van der Waals surface area (Å²) < 4.78 is 7.66. The van der Waals surface area contributed by atoms with Crippen LogP contribution in [0.25, 0.3) is 22.3 Å². The van der Waals surface area contributed by atoms with Crippen molar-refractivity contribution in [3.63, 3.8) is 0 Å². The van der Waals surface area contributed by atoms with Gasteiger partial charge < -0.3 is 14.2 Å². The molecule has 0 aliphatic carbocycles. The minimum atomic E-state index is 0.0639. The molecule has 0 unspecified atom stereocenters. The van der Waals surface area contributed by atoms with Crippen LogP contribution in [0, 0.1) is 13.8 Å². The molecule has 2 aliphatic rings. The molecule has 34 heavy (non-hydrogen) atoms. The van der Waals surface area contributed by atoms with Crippen LogP contribution in [-0.2, 0) is 0 Å². The highest BCUT2D eigenvalue weighted by Gasteiger charge is 2.26. The number of furan rings is 1. The lowest BCUT2D eigenvalue weighted by molar-refractivity contribution is 0.0628. The molecular weight excluding hydrogens is 428 g/mol. The van der Waals surface area contributed by atoms with Crippen molar-refractivity contribution in [2.24, 2.45) is 0 Å². The zero-order valence-corrected chi connectivity index (χ0v) is 20.9. The molecule has 0 N–H and O–H groups in total. The van der Waals surface area contributed by atoms with Gasteiger partial charge in [-0.25, -0.2) is 9.67 Å². The van der Waals surface area contributed by atoms with Crippen molar-refractivity contribution in [3.8, 4) is 11.3 Å². The Bertz CT molecular complexity index is 1170. The first-order chi connectivity index (χ1) is 16.4. The van der Waals surface area contributed by atoms with Gasteiger partial charge in [-0.15, -0.1) is 0 Å². The number of likely N-dealkylation sites (tertiary alicyclic amines) is 1. The second-order valence-electron chi connectivity index (χ2n) is 9.98. The zero-order chi connectivity index (χ0) is 23.8. The number of fused-ring (bicyclic) bond motifs is 1. The maximum Gasteiger partial charge on any atom is 0.254 e. The Hall–Kier alpha value is -2.71. The number of carbonyl (C=O) groups excluding carboxylic acids is 1. The average molecular weight is 465 g/mol. The molecule has 5 rings (SSSR count). The lowest BCUT2D eigenvalue weighted by Gasteiger charge is -2.35. The largest absolute Gasteiger partial charge is 0.466 e. The van der Waals surface area contributed by atoms with Gasteiger partial charge in [0.05, 0.1) is 22.8 Å². The summed E-state index contributed by atoms with van der Waals surface area (Å²) in [6, 6.07) is 4.07. The average Bonchev–Trinajstić information content (AvgIpc) is 3.56. The fourth-order valence-corrected chi connectivity index (χ4v) is 5.23. The normalized spacial score (nSPS) is 18.0. The molecule has 0 saturated carbocycles. The van der Waals surface area contributed by atoms with E-state index < -0.39 is 0 Å². The highest BCUT2D eigenvalue weighted by Crippen LogP contribution is 2.30. The van der Waals surface area contributed by atoms with E-state index in [4.69, 9.17) is 9.40 Å². The van der Waals surface area contributed by atoms with Gasteiger partial charge in [0.15, 0.2) is 5.65 Å². The fourth-order valence-electron chi connectivity index (χ4n) is 5.23. The monoisotopic (exact) mass is 464 g/mol. The molecule has 3 aromatic heterocycles. The van der Waals surface area contributed by atoms with Gasteiger partial charge in [-0.1, -0.05) is 0 Å². The number of aromatic nitrogens is 3. The highest BCUT2D eigenvalue weighted by molar-refractivity contribution is 6.06. The van der Waals surface area contributed by atoms with Crippen LogP contribution in [0.4, 0.5) is 0 Å². The Morgan fingerprint density at radius 3 is 2.29 bits per heavy atom. The molecule has 0 radical (unpaired) electrons. The first-order valence-corrected chi connectivity index (χ1v) is 12.6. The summed E-state index contributed by atoms with van der Waals surface area (Å²) in [5.41, 5.74) is 3.11. The Labute approximate surface area is 201 Å². The minimum Gasteiger partial charge on any atom is -0.466 e. The molecule has 0 atom stereocenters. The van der Waals surface area contributed by atoms with E-state index in [1.807, 2.05) is 35.6 Å². The van der Waals surface area contributed by atoms with Crippen molar-refractivity contribution in [1.82, 2.24) is 29.5 Å². The Kier molecular flexibility index (Phi) is 6.44. The van der Waals surface area contributed by atoms with Crippen molar-refractivity contribution in [3.05, 3.63) is 35.4 Å². The van der Waals surface area contributed by atoms with Crippen molar-refractivity contribution >= 4 is 16.9 Å². The molecule has 0 spiro atoms. The Morgan fingerprint density at radius 1 is 1.00 bits per heavy atom. The van der Waals surface area contributed by atoms with E-state index in [0.29, 0.717) is 5.56 Å². The van der Waals surface area contributed by atoms with Gasteiger partial charge in [-0.2, -0.15) is 5.10 Å². The van der Waals surface area contributed by atoms with E-state index in [-0.39, 0.29) is 11.9 Å². The van der Waals surface area contributed by atoms with Crippen molar-refractivity contribution in [2.45, 2.75) is 46.6 Å². The van der Waals surface area contributed by atoms with Crippen molar-refractivity contribution in [1.29, 1.82) is 0 Å².